The van der Waals surface area contributed by atoms with E-state index in [1.54, 1.807) is 0 Å². The Balaban J connectivity index is 1.55. The van der Waals surface area contributed by atoms with Gasteiger partial charge in [0.15, 0.2) is 0 Å². The topological polar surface area (TPSA) is 0 Å². The van der Waals surface area contributed by atoms with Crippen LogP contribution in [0.5, 0.6) is 0 Å². The van der Waals surface area contributed by atoms with Crippen molar-refractivity contribution in [2.75, 3.05) is 0 Å². The summed E-state index contributed by atoms with van der Waals surface area (Å²) in [6, 6.07) is 53.8. The van der Waals surface area contributed by atoms with Crippen LogP contribution in [0.2, 0.25) is 0 Å². The molecule has 0 radical (unpaired) electrons. The van der Waals surface area contributed by atoms with Gasteiger partial charge in [-0.3, -0.25) is 0 Å². The lowest BCUT2D eigenvalue weighted by Crippen LogP contribution is -1.98. The summed E-state index contributed by atoms with van der Waals surface area (Å²) in [5.41, 5.74) is 9.97. The van der Waals surface area contributed by atoms with Gasteiger partial charge in [0.25, 0.3) is 0 Å². The molecule has 9 aromatic carbocycles. The van der Waals surface area contributed by atoms with Crippen LogP contribution >= 0.6 is 90.4 Å². The van der Waals surface area contributed by atoms with Crippen molar-refractivity contribution in [3.63, 3.8) is 0 Å². The van der Waals surface area contributed by atoms with Gasteiger partial charge >= 0.3 is 0 Å². The van der Waals surface area contributed by atoms with Crippen LogP contribution < -0.4 is 0 Å². The van der Waals surface area contributed by atoms with Gasteiger partial charge in [0, 0.05) is 30.4 Å². The average Bonchev–Trinajstić information content (AvgIpc) is 3.13. The minimum atomic E-state index is 1.22. The average molecular weight is 1060 g/mol. The first-order chi connectivity index (χ1) is 23.5. The molecule has 0 saturated carbocycles. The predicted molar refractivity (Wildman–Crippen MR) is 240 cm³/mol. The highest BCUT2D eigenvalue weighted by atomic mass is 127. The van der Waals surface area contributed by atoms with Crippen LogP contribution in [0, 0.1) is 14.3 Å². The Labute approximate surface area is 333 Å². The Bertz CT molecular complexity index is 2670. The summed E-state index contributed by atoms with van der Waals surface area (Å²) in [4.78, 5) is 0. The van der Waals surface area contributed by atoms with Crippen LogP contribution in [-0.4, -0.2) is 0 Å². The largest absolute Gasteiger partial charge is 0.0622 e. The van der Waals surface area contributed by atoms with Crippen molar-refractivity contribution < 1.29 is 0 Å². The van der Waals surface area contributed by atoms with Gasteiger partial charge in [-0.2, -0.15) is 0 Å². The lowest BCUT2D eigenvalue weighted by molar-refractivity contribution is 1.57. The molecule has 48 heavy (non-hydrogen) atoms. The molecule has 0 heterocycles. The summed E-state index contributed by atoms with van der Waals surface area (Å²) in [5, 5.41) is 10.7. The summed E-state index contributed by atoms with van der Waals surface area (Å²) in [5.74, 6) is 0. The van der Waals surface area contributed by atoms with Crippen LogP contribution in [0.3, 0.4) is 0 Å². The first kappa shape index (κ1) is 31.2. The first-order valence-corrected chi connectivity index (χ1v) is 20.0. The number of halogens is 4. The van der Waals surface area contributed by atoms with Crippen LogP contribution in [0.15, 0.2) is 146 Å². The number of hydrogen-bond acceptors (Lipinski definition) is 0. The van der Waals surface area contributed by atoms with E-state index in [2.05, 4.69) is 236 Å². The highest BCUT2D eigenvalue weighted by Gasteiger charge is 2.25. The Morgan fingerprint density at radius 3 is 1.31 bits per heavy atom. The molecule has 228 valence electrons. The minimum Gasteiger partial charge on any atom is -0.0622 e. The molecular formula is C44H24I4. The molecule has 0 nitrogen and oxygen atoms in total. The van der Waals surface area contributed by atoms with Crippen LogP contribution in [0.1, 0.15) is 0 Å². The smallest absolute Gasteiger partial charge is 0.0226 e. The summed E-state index contributed by atoms with van der Waals surface area (Å²) in [6.45, 7) is 0. The molecule has 0 aliphatic rings. The molecule has 0 atom stereocenters. The summed E-state index contributed by atoms with van der Waals surface area (Å²) >= 11 is 10.2. The molecule has 0 N–H and O–H groups in total. The number of rotatable bonds is 4. The second-order valence-corrected chi connectivity index (χ2v) is 16.8. The molecule has 0 fully saturated rings. The molecule has 0 spiro atoms. The van der Waals surface area contributed by atoms with Crippen molar-refractivity contribution in [1.29, 1.82) is 0 Å². The zero-order valence-corrected chi connectivity index (χ0v) is 34.0. The van der Waals surface area contributed by atoms with E-state index in [1.165, 1.54) is 102 Å². The van der Waals surface area contributed by atoms with Crippen molar-refractivity contribution in [2.24, 2.45) is 0 Å². The first-order valence-electron chi connectivity index (χ1n) is 15.7. The standard InChI is InChI=1S/C44H24I4/c45-35-20-18-30-39-31(19-21-36(46)42(35)39)41-34(24-38(48)43-37(47)23-32(40(30)44(41)43)27-14-8-3-9-15-27)33-22-28(25-10-4-1-5-11-25)16-17-29(33)26-12-6-2-7-13-26/h1-24H. The molecule has 0 saturated heterocycles. The second kappa shape index (κ2) is 12.5. The van der Waals surface area contributed by atoms with Gasteiger partial charge in [-0.25, -0.2) is 0 Å². The SMILES string of the molecule is Ic1ccc2c3c(-c4ccccc4)cc(I)c4c(I)cc(-c5cc(-c6ccccc6)ccc5-c5ccccc5)c(c5ccc(I)c1c25)c43. The summed E-state index contributed by atoms with van der Waals surface area (Å²) in [7, 11) is 0. The molecule has 9 rings (SSSR count). The molecule has 4 heteroatoms. The lowest BCUT2D eigenvalue weighted by Gasteiger charge is -2.23. The van der Waals surface area contributed by atoms with Crippen molar-refractivity contribution in [3.05, 3.63) is 160 Å². The molecule has 0 amide bonds. The van der Waals surface area contributed by atoms with E-state index in [0.717, 1.165) is 0 Å². The van der Waals surface area contributed by atoms with E-state index in [9.17, 15) is 0 Å². The van der Waals surface area contributed by atoms with Crippen molar-refractivity contribution >= 4 is 133 Å². The third kappa shape index (κ3) is 4.99. The summed E-state index contributed by atoms with van der Waals surface area (Å²) in [6.07, 6.45) is 0. The zero-order chi connectivity index (χ0) is 32.5. The Morgan fingerprint density at radius 2 is 0.729 bits per heavy atom. The Morgan fingerprint density at radius 1 is 0.250 bits per heavy atom. The lowest BCUT2D eigenvalue weighted by atomic mass is 9.82. The van der Waals surface area contributed by atoms with E-state index in [-0.39, 0.29) is 0 Å². The van der Waals surface area contributed by atoms with Crippen molar-refractivity contribution in [2.45, 2.75) is 0 Å². The van der Waals surface area contributed by atoms with E-state index in [0.29, 0.717) is 0 Å². The maximum absolute atomic E-state index is 2.59. The molecular weight excluding hydrogens is 1040 g/mol. The second-order valence-electron chi connectivity index (χ2n) is 12.1. The van der Waals surface area contributed by atoms with Gasteiger partial charge in [-0.05, 0) is 192 Å². The van der Waals surface area contributed by atoms with E-state index >= 15 is 0 Å². The molecule has 0 aliphatic carbocycles. The van der Waals surface area contributed by atoms with Crippen LogP contribution in [0.25, 0.3) is 87.6 Å². The van der Waals surface area contributed by atoms with Gasteiger partial charge in [0.05, 0.1) is 0 Å². The fourth-order valence-corrected chi connectivity index (χ4v) is 11.7. The fourth-order valence-electron chi connectivity index (χ4n) is 7.43. The van der Waals surface area contributed by atoms with Gasteiger partial charge < -0.3 is 0 Å². The predicted octanol–water partition coefficient (Wildman–Crippen LogP) is 14.8. The third-order valence-corrected chi connectivity index (χ3v) is 13.0. The van der Waals surface area contributed by atoms with E-state index < -0.39 is 0 Å². The highest BCUT2D eigenvalue weighted by molar-refractivity contribution is 14.1. The fraction of sp³-hybridized carbons (Fsp3) is 0. The van der Waals surface area contributed by atoms with Crippen LogP contribution in [-0.2, 0) is 0 Å². The van der Waals surface area contributed by atoms with Gasteiger partial charge in [-0.15, -0.1) is 0 Å². The van der Waals surface area contributed by atoms with Crippen molar-refractivity contribution in [3.8, 4) is 44.5 Å². The maximum atomic E-state index is 2.59. The molecule has 9 aromatic rings. The summed E-state index contributed by atoms with van der Waals surface area (Å²) < 4.78 is 5.12. The zero-order valence-electron chi connectivity index (χ0n) is 25.4. The number of hydrogen-bond donors (Lipinski definition) is 0. The Kier molecular flexibility index (Phi) is 8.13. The minimum absolute atomic E-state index is 1.22. The molecule has 0 bridgehead atoms. The normalized spacial score (nSPS) is 11.8. The number of fused-ring (bicyclic) bond motifs is 2. The molecule has 0 aliphatic heterocycles. The monoisotopic (exact) mass is 1060 g/mol. The maximum Gasteiger partial charge on any atom is 0.0226 e. The van der Waals surface area contributed by atoms with Crippen LogP contribution in [0.4, 0.5) is 0 Å². The van der Waals surface area contributed by atoms with Gasteiger partial charge in [-0.1, -0.05) is 115 Å². The third-order valence-electron chi connectivity index (χ3n) is 9.49. The highest BCUT2D eigenvalue weighted by Crippen LogP contribution is 2.52. The van der Waals surface area contributed by atoms with E-state index in [1.807, 2.05) is 0 Å². The van der Waals surface area contributed by atoms with E-state index in [4.69, 9.17) is 0 Å². The van der Waals surface area contributed by atoms with Crippen molar-refractivity contribution in [1.82, 2.24) is 0 Å². The molecule has 0 aromatic heterocycles. The quantitative estimate of drug-likeness (QED) is 0.0936. The van der Waals surface area contributed by atoms with Gasteiger partial charge in [0.2, 0.25) is 0 Å². The molecule has 0 unspecified atom stereocenters. The number of benzene rings is 9. The van der Waals surface area contributed by atoms with Gasteiger partial charge in [0.1, 0.15) is 0 Å². The Hall–Kier alpha value is -2.80.